The summed E-state index contributed by atoms with van der Waals surface area (Å²) in [7, 11) is 1.76. The van der Waals surface area contributed by atoms with Crippen LogP contribution in [-0.2, 0) is 4.74 Å². The van der Waals surface area contributed by atoms with Crippen molar-refractivity contribution in [2.24, 2.45) is 5.92 Å². The summed E-state index contributed by atoms with van der Waals surface area (Å²) in [6.45, 7) is 14.5. The summed E-state index contributed by atoms with van der Waals surface area (Å²) >= 11 is 0. The van der Waals surface area contributed by atoms with Crippen LogP contribution in [-0.4, -0.2) is 12.7 Å². The van der Waals surface area contributed by atoms with Crippen LogP contribution in [0.4, 0.5) is 0 Å². The SMILES string of the molecule is C/C=C\C(=C/C)[C@H](C)C(C)(C)OC.CC. The predicted octanol–water partition coefficient (Wildman–Crippen LogP) is 4.60. The highest BCUT2D eigenvalue weighted by Crippen LogP contribution is 2.27. The quantitative estimate of drug-likeness (QED) is 0.619. The molecular formula is C14H28O. The normalized spacial score (nSPS) is 14.8. The molecule has 0 amide bonds. The highest BCUT2D eigenvalue weighted by Gasteiger charge is 2.26. The summed E-state index contributed by atoms with van der Waals surface area (Å²) in [6, 6.07) is 0. The van der Waals surface area contributed by atoms with Gasteiger partial charge in [0.25, 0.3) is 0 Å². The highest BCUT2D eigenvalue weighted by atomic mass is 16.5. The number of methoxy groups -OCH3 is 1. The van der Waals surface area contributed by atoms with Crippen LogP contribution in [0.1, 0.15) is 48.5 Å². The van der Waals surface area contributed by atoms with Crippen LogP contribution in [0.3, 0.4) is 0 Å². The summed E-state index contributed by atoms with van der Waals surface area (Å²) in [5.74, 6) is 0.415. The highest BCUT2D eigenvalue weighted by molar-refractivity contribution is 5.22. The van der Waals surface area contributed by atoms with Gasteiger partial charge < -0.3 is 4.74 Å². The summed E-state index contributed by atoms with van der Waals surface area (Å²) in [5, 5.41) is 0. The van der Waals surface area contributed by atoms with Gasteiger partial charge in [0, 0.05) is 13.0 Å². The lowest BCUT2D eigenvalue weighted by Gasteiger charge is -2.31. The van der Waals surface area contributed by atoms with Gasteiger partial charge in [-0.3, -0.25) is 0 Å². The molecule has 0 radical (unpaired) electrons. The second-order valence-corrected chi connectivity index (χ2v) is 3.82. The molecule has 0 aromatic carbocycles. The molecule has 0 rings (SSSR count). The predicted molar refractivity (Wildman–Crippen MR) is 70.2 cm³/mol. The molecule has 0 bridgehead atoms. The van der Waals surface area contributed by atoms with Crippen molar-refractivity contribution < 1.29 is 4.74 Å². The first-order chi connectivity index (χ1) is 6.99. The molecule has 15 heavy (non-hydrogen) atoms. The zero-order valence-corrected chi connectivity index (χ0v) is 11.7. The van der Waals surface area contributed by atoms with Crippen LogP contribution in [0.5, 0.6) is 0 Å². The van der Waals surface area contributed by atoms with Crippen molar-refractivity contribution in [2.75, 3.05) is 7.11 Å². The van der Waals surface area contributed by atoms with Gasteiger partial charge >= 0.3 is 0 Å². The van der Waals surface area contributed by atoms with E-state index in [9.17, 15) is 0 Å². The first kappa shape index (κ1) is 16.9. The fourth-order valence-electron chi connectivity index (χ4n) is 1.26. The second kappa shape index (κ2) is 8.72. The molecule has 0 unspecified atom stereocenters. The molecule has 0 aliphatic heterocycles. The van der Waals surface area contributed by atoms with Gasteiger partial charge in [0.2, 0.25) is 0 Å². The Morgan fingerprint density at radius 1 is 1.20 bits per heavy atom. The molecule has 0 saturated carbocycles. The maximum Gasteiger partial charge on any atom is 0.0688 e. The molecule has 0 fully saturated rings. The van der Waals surface area contributed by atoms with E-state index in [0.29, 0.717) is 5.92 Å². The van der Waals surface area contributed by atoms with Crippen LogP contribution in [0.25, 0.3) is 0 Å². The third kappa shape index (κ3) is 5.78. The first-order valence-corrected chi connectivity index (χ1v) is 5.83. The minimum atomic E-state index is -0.0959. The maximum atomic E-state index is 5.45. The fraction of sp³-hybridized carbons (Fsp3) is 0.714. The minimum Gasteiger partial charge on any atom is -0.378 e. The molecule has 0 aliphatic rings. The lowest BCUT2D eigenvalue weighted by molar-refractivity contribution is -0.00908. The number of allylic oxidation sites excluding steroid dienone is 3. The Bertz CT molecular complexity index is 199. The lowest BCUT2D eigenvalue weighted by Crippen LogP contribution is -2.32. The Hall–Kier alpha value is -0.560. The van der Waals surface area contributed by atoms with Crippen LogP contribution >= 0.6 is 0 Å². The maximum absolute atomic E-state index is 5.45. The van der Waals surface area contributed by atoms with Crippen molar-refractivity contribution in [1.29, 1.82) is 0 Å². The van der Waals surface area contributed by atoms with E-state index in [1.54, 1.807) is 7.11 Å². The zero-order chi connectivity index (χ0) is 12.5. The van der Waals surface area contributed by atoms with Gasteiger partial charge in [0.15, 0.2) is 0 Å². The molecule has 0 spiro atoms. The molecule has 0 aromatic heterocycles. The molecule has 0 aromatic rings. The topological polar surface area (TPSA) is 9.23 Å². The summed E-state index contributed by atoms with van der Waals surface area (Å²) in [6.07, 6.45) is 6.36. The van der Waals surface area contributed by atoms with E-state index in [0.717, 1.165) is 0 Å². The average molecular weight is 212 g/mol. The average Bonchev–Trinajstić information content (AvgIpc) is 2.27. The second-order valence-electron chi connectivity index (χ2n) is 3.82. The largest absolute Gasteiger partial charge is 0.378 e. The summed E-state index contributed by atoms with van der Waals surface area (Å²) in [5.41, 5.74) is 1.23. The number of rotatable bonds is 4. The van der Waals surface area contributed by atoms with Crippen molar-refractivity contribution in [3.63, 3.8) is 0 Å². The van der Waals surface area contributed by atoms with E-state index in [2.05, 4.69) is 45.9 Å². The van der Waals surface area contributed by atoms with Gasteiger partial charge in [0.05, 0.1) is 5.60 Å². The van der Waals surface area contributed by atoms with E-state index in [-0.39, 0.29) is 5.60 Å². The van der Waals surface area contributed by atoms with E-state index < -0.39 is 0 Å². The van der Waals surface area contributed by atoms with Gasteiger partial charge in [-0.15, -0.1) is 0 Å². The fourth-order valence-corrected chi connectivity index (χ4v) is 1.26. The van der Waals surface area contributed by atoms with Crippen molar-refractivity contribution >= 4 is 0 Å². The third-order valence-electron chi connectivity index (χ3n) is 2.76. The molecule has 0 saturated heterocycles. The Balaban J connectivity index is 0. The third-order valence-corrected chi connectivity index (χ3v) is 2.76. The molecule has 1 heteroatoms. The monoisotopic (exact) mass is 212 g/mol. The molecule has 90 valence electrons. The van der Waals surface area contributed by atoms with Gasteiger partial charge in [-0.2, -0.15) is 0 Å². The first-order valence-electron chi connectivity index (χ1n) is 5.83. The van der Waals surface area contributed by atoms with Crippen LogP contribution < -0.4 is 0 Å². The van der Waals surface area contributed by atoms with Gasteiger partial charge in [-0.1, -0.05) is 39.0 Å². The van der Waals surface area contributed by atoms with E-state index in [1.807, 2.05) is 20.8 Å². The molecule has 0 N–H and O–H groups in total. The van der Waals surface area contributed by atoms with Crippen LogP contribution in [0, 0.1) is 5.92 Å². The van der Waals surface area contributed by atoms with E-state index >= 15 is 0 Å². The van der Waals surface area contributed by atoms with E-state index in [4.69, 9.17) is 4.74 Å². The molecule has 1 nitrogen and oxygen atoms in total. The van der Waals surface area contributed by atoms with Crippen molar-refractivity contribution in [2.45, 2.75) is 54.1 Å². The molecule has 1 atom stereocenters. The van der Waals surface area contributed by atoms with Crippen LogP contribution in [0.15, 0.2) is 23.8 Å². The molecular weight excluding hydrogens is 184 g/mol. The van der Waals surface area contributed by atoms with Gasteiger partial charge in [-0.05, 0) is 33.3 Å². The molecule has 0 heterocycles. The standard InChI is InChI=1S/C12H22O.C2H6/c1-7-9-11(8-2)10(3)12(4,5)13-6;1-2/h7-10H,1-6H3;1-2H3/b9-7-,11-8+;/t10-;/m0./s1. The minimum absolute atomic E-state index is 0.0959. The van der Waals surface area contributed by atoms with Crippen molar-refractivity contribution in [3.05, 3.63) is 23.8 Å². The Morgan fingerprint density at radius 3 is 1.93 bits per heavy atom. The van der Waals surface area contributed by atoms with Crippen molar-refractivity contribution in [3.8, 4) is 0 Å². The van der Waals surface area contributed by atoms with Crippen LogP contribution in [0.2, 0.25) is 0 Å². The molecule has 0 aliphatic carbocycles. The zero-order valence-electron chi connectivity index (χ0n) is 11.7. The number of ether oxygens (including phenoxy) is 1. The lowest BCUT2D eigenvalue weighted by atomic mass is 9.85. The van der Waals surface area contributed by atoms with E-state index in [1.165, 1.54) is 5.57 Å². The van der Waals surface area contributed by atoms with Crippen molar-refractivity contribution in [1.82, 2.24) is 0 Å². The number of hydrogen-bond acceptors (Lipinski definition) is 1. The Kier molecular flexibility index (Phi) is 9.80. The number of hydrogen-bond donors (Lipinski definition) is 0. The summed E-state index contributed by atoms with van der Waals surface area (Å²) in [4.78, 5) is 0. The smallest absolute Gasteiger partial charge is 0.0688 e. The summed E-state index contributed by atoms with van der Waals surface area (Å²) < 4.78 is 5.45. The Morgan fingerprint density at radius 2 is 1.67 bits per heavy atom. The Labute approximate surface area is 96.2 Å². The van der Waals surface area contributed by atoms with Gasteiger partial charge in [0.1, 0.15) is 0 Å². The van der Waals surface area contributed by atoms with Gasteiger partial charge in [-0.25, -0.2) is 0 Å².